The molecule has 1 aliphatic carbocycles. The second-order valence-corrected chi connectivity index (χ2v) is 6.27. The van der Waals surface area contributed by atoms with Crippen molar-refractivity contribution in [3.8, 4) is 0 Å². The molecule has 5 heteroatoms. The topological polar surface area (TPSA) is 50.3 Å². The summed E-state index contributed by atoms with van der Waals surface area (Å²) in [5, 5.41) is 3.52. The molecule has 0 aliphatic heterocycles. The minimum absolute atomic E-state index is 0.571. The standard InChI is InChI=1S/C16H28N4O/c1-12(2)11-20(7-8-21-4)16-18-10-14(13(3)19-16)9-17-15-5-6-15/h10,12,15,17H,5-9,11H2,1-4H3. The maximum atomic E-state index is 5.19. The Hall–Kier alpha value is -1.20. The van der Waals surface area contributed by atoms with E-state index in [0.717, 1.165) is 31.3 Å². The van der Waals surface area contributed by atoms with Gasteiger partial charge in [0, 0.05) is 50.2 Å². The minimum atomic E-state index is 0.571. The van der Waals surface area contributed by atoms with Crippen molar-refractivity contribution in [1.82, 2.24) is 15.3 Å². The summed E-state index contributed by atoms with van der Waals surface area (Å²) in [6.45, 7) is 9.83. The molecular weight excluding hydrogens is 264 g/mol. The van der Waals surface area contributed by atoms with Crippen molar-refractivity contribution in [2.45, 2.75) is 46.2 Å². The third-order valence-electron chi connectivity index (χ3n) is 3.66. The van der Waals surface area contributed by atoms with Gasteiger partial charge in [0.1, 0.15) is 0 Å². The summed E-state index contributed by atoms with van der Waals surface area (Å²) in [6.07, 6.45) is 4.57. The molecule has 1 aliphatic rings. The van der Waals surface area contributed by atoms with Gasteiger partial charge in [-0.05, 0) is 25.7 Å². The Bertz CT molecular complexity index is 446. The average molecular weight is 292 g/mol. The maximum Gasteiger partial charge on any atom is 0.225 e. The van der Waals surface area contributed by atoms with Crippen molar-refractivity contribution < 1.29 is 4.74 Å². The fourth-order valence-corrected chi connectivity index (χ4v) is 2.26. The van der Waals surface area contributed by atoms with E-state index in [1.54, 1.807) is 7.11 Å². The molecule has 0 bridgehead atoms. The molecule has 0 radical (unpaired) electrons. The number of aromatic nitrogens is 2. The predicted molar refractivity (Wildman–Crippen MR) is 85.6 cm³/mol. The molecule has 0 amide bonds. The number of methoxy groups -OCH3 is 1. The number of anilines is 1. The molecule has 5 nitrogen and oxygen atoms in total. The molecule has 0 atom stereocenters. The lowest BCUT2D eigenvalue weighted by molar-refractivity contribution is 0.204. The Morgan fingerprint density at radius 1 is 1.43 bits per heavy atom. The molecule has 1 N–H and O–H groups in total. The third kappa shape index (κ3) is 5.25. The van der Waals surface area contributed by atoms with Gasteiger partial charge in [-0.3, -0.25) is 0 Å². The number of rotatable bonds is 9. The molecule has 1 heterocycles. The van der Waals surface area contributed by atoms with Crippen LogP contribution in [0.3, 0.4) is 0 Å². The molecule has 2 rings (SSSR count). The van der Waals surface area contributed by atoms with Crippen LogP contribution in [-0.4, -0.2) is 42.8 Å². The fourth-order valence-electron chi connectivity index (χ4n) is 2.26. The fraction of sp³-hybridized carbons (Fsp3) is 0.750. The number of hydrogen-bond acceptors (Lipinski definition) is 5. The van der Waals surface area contributed by atoms with Gasteiger partial charge in [-0.15, -0.1) is 0 Å². The van der Waals surface area contributed by atoms with Crippen LogP contribution >= 0.6 is 0 Å². The van der Waals surface area contributed by atoms with Gasteiger partial charge in [0.2, 0.25) is 5.95 Å². The lowest BCUT2D eigenvalue weighted by atomic mass is 10.2. The van der Waals surface area contributed by atoms with Gasteiger partial charge in [0.05, 0.1) is 6.61 Å². The van der Waals surface area contributed by atoms with E-state index in [1.807, 2.05) is 6.20 Å². The first-order valence-corrected chi connectivity index (χ1v) is 7.90. The summed E-state index contributed by atoms with van der Waals surface area (Å²) >= 11 is 0. The highest BCUT2D eigenvalue weighted by atomic mass is 16.5. The molecule has 1 saturated carbocycles. The molecule has 21 heavy (non-hydrogen) atoms. The number of aryl methyl sites for hydroxylation is 1. The van der Waals surface area contributed by atoms with Crippen LogP contribution in [0, 0.1) is 12.8 Å². The van der Waals surface area contributed by atoms with E-state index in [0.29, 0.717) is 18.6 Å². The monoisotopic (exact) mass is 292 g/mol. The van der Waals surface area contributed by atoms with Gasteiger partial charge in [0.15, 0.2) is 0 Å². The molecule has 1 aromatic heterocycles. The van der Waals surface area contributed by atoms with Crippen molar-refractivity contribution >= 4 is 5.95 Å². The minimum Gasteiger partial charge on any atom is -0.383 e. The Morgan fingerprint density at radius 2 is 2.19 bits per heavy atom. The van der Waals surface area contributed by atoms with E-state index in [1.165, 1.54) is 18.4 Å². The number of nitrogens with one attached hydrogen (secondary N) is 1. The largest absolute Gasteiger partial charge is 0.383 e. The first-order chi connectivity index (χ1) is 10.1. The summed E-state index contributed by atoms with van der Waals surface area (Å²) < 4.78 is 5.19. The van der Waals surface area contributed by atoms with E-state index in [2.05, 4.69) is 36.0 Å². The molecule has 1 fully saturated rings. The van der Waals surface area contributed by atoms with Crippen LogP contribution in [0.4, 0.5) is 5.95 Å². The van der Waals surface area contributed by atoms with Crippen LogP contribution < -0.4 is 10.2 Å². The summed E-state index contributed by atoms with van der Waals surface area (Å²) in [4.78, 5) is 11.5. The van der Waals surface area contributed by atoms with E-state index < -0.39 is 0 Å². The van der Waals surface area contributed by atoms with Gasteiger partial charge in [0.25, 0.3) is 0 Å². The van der Waals surface area contributed by atoms with Gasteiger partial charge < -0.3 is 15.0 Å². The highest BCUT2D eigenvalue weighted by molar-refractivity contribution is 5.33. The number of ether oxygens (including phenoxy) is 1. The lowest BCUT2D eigenvalue weighted by Crippen LogP contribution is -2.32. The zero-order chi connectivity index (χ0) is 15.2. The highest BCUT2D eigenvalue weighted by Gasteiger charge is 2.20. The summed E-state index contributed by atoms with van der Waals surface area (Å²) in [5.74, 6) is 1.38. The average Bonchev–Trinajstić information content (AvgIpc) is 3.26. The molecule has 0 unspecified atom stereocenters. The SMILES string of the molecule is COCCN(CC(C)C)c1ncc(CNC2CC2)c(C)n1. The van der Waals surface area contributed by atoms with Crippen LogP contribution in [0.5, 0.6) is 0 Å². The van der Waals surface area contributed by atoms with Crippen LogP contribution in [0.1, 0.15) is 37.9 Å². The second-order valence-electron chi connectivity index (χ2n) is 6.27. The zero-order valence-corrected chi connectivity index (χ0v) is 13.7. The van der Waals surface area contributed by atoms with E-state index in [9.17, 15) is 0 Å². The smallest absolute Gasteiger partial charge is 0.225 e. The molecule has 118 valence electrons. The summed E-state index contributed by atoms with van der Waals surface area (Å²) in [6, 6.07) is 0.711. The van der Waals surface area contributed by atoms with Crippen molar-refractivity contribution in [1.29, 1.82) is 0 Å². The Labute approximate surface area is 128 Å². The molecule has 0 spiro atoms. The van der Waals surface area contributed by atoms with Crippen molar-refractivity contribution in [3.63, 3.8) is 0 Å². The van der Waals surface area contributed by atoms with Gasteiger partial charge in [-0.2, -0.15) is 0 Å². The first-order valence-electron chi connectivity index (χ1n) is 7.90. The lowest BCUT2D eigenvalue weighted by Gasteiger charge is -2.24. The third-order valence-corrected chi connectivity index (χ3v) is 3.66. The van der Waals surface area contributed by atoms with E-state index >= 15 is 0 Å². The number of nitrogens with zero attached hydrogens (tertiary/aromatic N) is 3. The van der Waals surface area contributed by atoms with Crippen LogP contribution in [0.2, 0.25) is 0 Å². The van der Waals surface area contributed by atoms with E-state index in [4.69, 9.17) is 9.72 Å². The number of hydrogen-bond donors (Lipinski definition) is 1. The molecular formula is C16H28N4O. The summed E-state index contributed by atoms with van der Waals surface area (Å²) in [5.41, 5.74) is 2.27. The van der Waals surface area contributed by atoms with Crippen molar-refractivity contribution in [3.05, 3.63) is 17.5 Å². The van der Waals surface area contributed by atoms with E-state index in [-0.39, 0.29) is 0 Å². The van der Waals surface area contributed by atoms with Gasteiger partial charge in [-0.25, -0.2) is 9.97 Å². The van der Waals surface area contributed by atoms with Gasteiger partial charge >= 0.3 is 0 Å². The zero-order valence-electron chi connectivity index (χ0n) is 13.7. The Morgan fingerprint density at radius 3 is 2.76 bits per heavy atom. The quantitative estimate of drug-likeness (QED) is 0.756. The first kappa shape index (κ1) is 16.2. The second kappa shape index (κ2) is 7.71. The maximum absolute atomic E-state index is 5.19. The van der Waals surface area contributed by atoms with Crippen LogP contribution in [0.25, 0.3) is 0 Å². The Balaban J connectivity index is 2.02. The molecule has 0 aromatic carbocycles. The van der Waals surface area contributed by atoms with Crippen molar-refractivity contribution in [2.24, 2.45) is 5.92 Å². The summed E-state index contributed by atoms with van der Waals surface area (Å²) in [7, 11) is 1.73. The Kier molecular flexibility index (Phi) is 5.94. The predicted octanol–water partition coefficient (Wildman–Crippen LogP) is 2.15. The normalized spacial score (nSPS) is 14.7. The molecule has 1 aromatic rings. The van der Waals surface area contributed by atoms with Crippen LogP contribution in [0.15, 0.2) is 6.20 Å². The van der Waals surface area contributed by atoms with Crippen molar-refractivity contribution in [2.75, 3.05) is 31.7 Å². The van der Waals surface area contributed by atoms with Crippen LogP contribution in [-0.2, 0) is 11.3 Å². The molecule has 0 saturated heterocycles. The van der Waals surface area contributed by atoms with Gasteiger partial charge in [-0.1, -0.05) is 13.8 Å². The highest BCUT2D eigenvalue weighted by Crippen LogP contribution is 2.20.